The highest BCUT2D eigenvalue weighted by Gasteiger charge is 2.26. The lowest BCUT2D eigenvalue weighted by Gasteiger charge is -2.33. The highest BCUT2D eigenvalue weighted by atomic mass is 35.5. The van der Waals surface area contributed by atoms with E-state index in [0.29, 0.717) is 34.7 Å². The minimum Gasteiger partial charge on any atom is -0.468 e. The SMILES string of the molecule is O=C(NCC(c1ccco1)N1CCOCC1)c1sc2cccc(Cl)c2c1Cl. The van der Waals surface area contributed by atoms with E-state index in [1.54, 1.807) is 12.3 Å². The summed E-state index contributed by atoms with van der Waals surface area (Å²) >= 11 is 14.0. The average Bonchev–Trinajstić information content (AvgIpc) is 3.32. The largest absolute Gasteiger partial charge is 0.468 e. The van der Waals surface area contributed by atoms with E-state index in [4.69, 9.17) is 32.4 Å². The van der Waals surface area contributed by atoms with Crippen LogP contribution in [0.5, 0.6) is 0 Å². The molecule has 5 nitrogen and oxygen atoms in total. The number of rotatable bonds is 5. The van der Waals surface area contributed by atoms with Crippen LogP contribution in [0.3, 0.4) is 0 Å². The fraction of sp³-hybridized carbons (Fsp3) is 0.316. The van der Waals surface area contributed by atoms with E-state index < -0.39 is 0 Å². The Bertz CT molecular complexity index is 936. The Balaban J connectivity index is 1.53. The van der Waals surface area contributed by atoms with Gasteiger partial charge in [-0.3, -0.25) is 9.69 Å². The number of ether oxygens (including phenoxy) is 1. The minimum atomic E-state index is -0.206. The van der Waals surface area contributed by atoms with Crippen molar-refractivity contribution in [2.75, 3.05) is 32.8 Å². The molecule has 27 heavy (non-hydrogen) atoms. The zero-order chi connectivity index (χ0) is 18.8. The Morgan fingerprint density at radius 3 is 2.74 bits per heavy atom. The van der Waals surface area contributed by atoms with Crippen LogP contribution in [-0.2, 0) is 4.74 Å². The molecule has 2 aromatic heterocycles. The lowest BCUT2D eigenvalue weighted by molar-refractivity contribution is 0.0118. The predicted molar refractivity (Wildman–Crippen MR) is 108 cm³/mol. The molecule has 1 amide bonds. The minimum absolute atomic E-state index is 0.0513. The molecule has 0 aliphatic carbocycles. The van der Waals surface area contributed by atoms with Crippen LogP contribution in [0.4, 0.5) is 0 Å². The molecule has 1 atom stereocenters. The smallest absolute Gasteiger partial charge is 0.263 e. The van der Waals surface area contributed by atoms with Gasteiger partial charge in [0.1, 0.15) is 10.6 Å². The molecule has 1 N–H and O–H groups in total. The Kier molecular flexibility index (Phi) is 5.71. The summed E-state index contributed by atoms with van der Waals surface area (Å²) in [4.78, 5) is 15.5. The first-order chi connectivity index (χ1) is 13.1. The van der Waals surface area contributed by atoms with Crippen molar-refractivity contribution in [3.63, 3.8) is 0 Å². The maximum atomic E-state index is 12.8. The van der Waals surface area contributed by atoms with Gasteiger partial charge in [0.05, 0.1) is 35.6 Å². The molecule has 8 heteroatoms. The van der Waals surface area contributed by atoms with Gasteiger partial charge in [-0.25, -0.2) is 0 Å². The van der Waals surface area contributed by atoms with E-state index >= 15 is 0 Å². The maximum absolute atomic E-state index is 12.8. The van der Waals surface area contributed by atoms with E-state index in [0.717, 1.165) is 28.9 Å². The van der Waals surface area contributed by atoms with Crippen molar-refractivity contribution in [1.29, 1.82) is 0 Å². The van der Waals surface area contributed by atoms with E-state index in [9.17, 15) is 4.79 Å². The van der Waals surface area contributed by atoms with Gasteiger partial charge in [0.15, 0.2) is 0 Å². The van der Waals surface area contributed by atoms with Crippen molar-refractivity contribution in [1.82, 2.24) is 10.2 Å². The first kappa shape index (κ1) is 18.8. The second kappa shape index (κ2) is 8.20. The zero-order valence-electron chi connectivity index (χ0n) is 14.4. The van der Waals surface area contributed by atoms with Gasteiger partial charge in [0.25, 0.3) is 5.91 Å². The van der Waals surface area contributed by atoms with E-state index in [1.807, 2.05) is 24.3 Å². The lowest BCUT2D eigenvalue weighted by Crippen LogP contribution is -2.43. The van der Waals surface area contributed by atoms with Crippen LogP contribution < -0.4 is 5.32 Å². The maximum Gasteiger partial charge on any atom is 0.263 e. The molecule has 1 aliphatic heterocycles. The number of carbonyl (C=O) groups excluding carboxylic acids is 1. The molecule has 1 aliphatic rings. The number of carbonyl (C=O) groups is 1. The van der Waals surface area contributed by atoms with E-state index in [-0.39, 0.29) is 11.9 Å². The molecule has 1 unspecified atom stereocenters. The number of hydrogen-bond acceptors (Lipinski definition) is 5. The fourth-order valence-corrected chi connectivity index (χ4v) is 5.14. The van der Waals surface area contributed by atoms with Gasteiger partial charge in [-0.1, -0.05) is 29.3 Å². The summed E-state index contributed by atoms with van der Waals surface area (Å²) < 4.78 is 11.9. The second-order valence-corrected chi connectivity index (χ2v) is 8.09. The van der Waals surface area contributed by atoms with Gasteiger partial charge < -0.3 is 14.5 Å². The van der Waals surface area contributed by atoms with Gasteiger partial charge in [-0.2, -0.15) is 0 Å². The summed E-state index contributed by atoms with van der Waals surface area (Å²) in [5, 5.41) is 4.69. The molecule has 4 rings (SSSR count). The van der Waals surface area contributed by atoms with Crippen molar-refractivity contribution in [2.45, 2.75) is 6.04 Å². The average molecular weight is 425 g/mol. The Labute approximate surface area is 170 Å². The number of nitrogens with one attached hydrogen (secondary N) is 1. The molecule has 1 fully saturated rings. The van der Waals surface area contributed by atoms with Gasteiger partial charge in [-0.05, 0) is 24.3 Å². The number of morpholine rings is 1. The van der Waals surface area contributed by atoms with Crippen molar-refractivity contribution >= 4 is 50.5 Å². The van der Waals surface area contributed by atoms with E-state index in [2.05, 4.69) is 10.2 Å². The Hall–Kier alpha value is -1.57. The van der Waals surface area contributed by atoms with Crippen LogP contribution in [0.15, 0.2) is 41.0 Å². The summed E-state index contributed by atoms with van der Waals surface area (Å²) in [6, 6.07) is 9.27. The third kappa shape index (κ3) is 3.86. The Morgan fingerprint density at radius 2 is 2.04 bits per heavy atom. The topological polar surface area (TPSA) is 54.7 Å². The molecule has 0 saturated carbocycles. The summed E-state index contributed by atoms with van der Waals surface area (Å²) in [6.45, 7) is 3.35. The van der Waals surface area contributed by atoms with Gasteiger partial charge >= 0.3 is 0 Å². The zero-order valence-corrected chi connectivity index (χ0v) is 16.7. The van der Waals surface area contributed by atoms with Crippen molar-refractivity contribution in [2.24, 2.45) is 0 Å². The van der Waals surface area contributed by atoms with Crippen molar-refractivity contribution in [3.05, 3.63) is 57.3 Å². The highest BCUT2D eigenvalue weighted by Crippen LogP contribution is 2.39. The molecular formula is C19H18Cl2N2O3S. The highest BCUT2D eigenvalue weighted by molar-refractivity contribution is 7.21. The quantitative estimate of drug-likeness (QED) is 0.649. The molecule has 0 spiro atoms. The first-order valence-electron chi connectivity index (χ1n) is 8.65. The first-order valence-corrected chi connectivity index (χ1v) is 10.2. The second-order valence-electron chi connectivity index (χ2n) is 6.25. The van der Waals surface area contributed by atoms with Crippen LogP contribution in [0.1, 0.15) is 21.5 Å². The van der Waals surface area contributed by atoms with Crippen molar-refractivity contribution < 1.29 is 13.9 Å². The lowest BCUT2D eigenvalue weighted by atomic mass is 10.1. The molecule has 1 aromatic carbocycles. The van der Waals surface area contributed by atoms with Crippen molar-refractivity contribution in [3.8, 4) is 0 Å². The fourth-order valence-electron chi connectivity index (χ4n) is 3.27. The molecule has 3 heterocycles. The number of fused-ring (bicyclic) bond motifs is 1. The predicted octanol–water partition coefficient (Wildman–Crippen LogP) is 4.60. The third-order valence-corrected chi connectivity index (χ3v) is 6.59. The number of benzene rings is 1. The molecule has 0 radical (unpaired) electrons. The molecule has 0 bridgehead atoms. The third-order valence-electron chi connectivity index (χ3n) is 4.63. The summed E-state index contributed by atoms with van der Waals surface area (Å²) in [7, 11) is 0. The molecule has 1 saturated heterocycles. The van der Waals surface area contributed by atoms with Gasteiger partial charge in [0.2, 0.25) is 0 Å². The normalized spacial score (nSPS) is 16.5. The monoisotopic (exact) mass is 424 g/mol. The van der Waals surface area contributed by atoms with Gasteiger partial charge in [0, 0.05) is 29.7 Å². The number of furan rings is 1. The number of halogens is 2. The summed E-state index contributed by atoms with van der Waals surface area (Å²) in [5.74, 6) is 0.616. The van der Waals surface area contributed by atoms with Crippen LogP contribution >= 0.6 is 34.5 Å². The standard InChI is InChI=1S/C19H18Cl2N2O3S/c20-12-3-1-5-15-16(12)17(21)18(27-15)19(24)22-11-13(14-4-2-8-26-14)23-6-9-25-10-7-23/h1-5,8,13H,6-7,9-11H2,(H,22,24). The van der Waals surface area contributed by atoms with Crippen LogP contribution in [0.2, 0.25) is 10.0 Å². The van der Waals surface area contributed by atoms with E-state index in [1.165, 1.54) is 11.3 Å². The molecular weight excluding hydrogens is 407 g/mol. The summed E-state index contributed by atoms with van der Waals surface area (Å²) in [6.07, 6.45) is 1.65. The van der Waals surface area contributed by atoms with Crippen LogP contribution in [-0.4, -0.2) is 43.7 Å². The number of nitrogens with zero attached hydrogens (tertiary/aromatic N) is 1. The van der Waals surface area contributed by atoms with Crippen LogP contribution in [0, 0.1) is 0 Å². The number of hydrogen-bond donors (Lipinski definition) is 1. The molecule has 142 valence electrons. The summed E-state index contributed by atoms with van der Waals surface area (Å²) in [5.41, 5.74) is 0. The number of amides is 1. The Morgan fingerprint density at radius 1 is 1.22 bits per heavy atom. The number of thiophene rings is 1. The molecule has 3 aromatic rings. The van der Waals surface area contributed by atoms with Crippen LogP contribution in [0.25, 0.3) is 10.1 Å². The van der Waals surface area contributed by atoms with Gasteiger partial charge in [-0.15, -0.1) is 11.3 Å².